The lowest BCUT2D eigenvalue weighted by atomic mass is 9.91. The van der Waals surface area contributed by atoms with E-state index >= 15 is 0 Å². The molecule has 2 heterocycles. The molecule has 188 valence electrons. The molecule has 1 aromatic carbocycles. The van der Waals surface area contributed by atoms with E-state index in [-0.39, 0.29) is 6.09 Å². The Bertz CT molecular complexity index is 964. The number of piperidine rings is 1. The summed E-state index contributed by atoms with van der Waals surface area (Å²) in [7, 11) is 4.14. The van der Waals surface area contributed by atoms with Gasteiger partial charge in [0.1, 0.15) is 11.4 Å². The molecule has 0 spiro atoms. The average Bonchev–Trinajstić information content (AvgIpc) is 3.42. The number of amides is 1. The maximum absolute atomic E-state index is 12.3. The number of hydrogen-bond acceptors (Lipinski definition) is 6. The molecule has 7 nitrogen and oxygen atoms in total. The first-order chi connectivity index (χ1) is 16.2. The molecule has 0 atom stereocenters. The number of rotatable bonds is 7. The lowest BCUT2D eigenvalue weighted by Gasteiger charge is -2.33. The van der Waals surface area contributed by atoms with Gasteiger partial charge in [-0.1, -0.05) is 5.16 Å². The number of aryl methyl sites for hydroxylation is 1. The number of carbonyl (C=O) groups is 1. The van der Waals surface area contributed by atoms with Crippen molar-refractivity contribution in [1.82, 2.24) is 15.0 Å². The van der Waals surface area contributed by atoms with E-state index < -0.39 is 5.60 Å². The molecule has 0 bridgehead atoms. The molecule has 1 saturated heterocycles. The molecule has 1 amide bonds. The summed E-state index contributed by atoms with van der Waals surface area (Å²) in [5.74, 6) is 1.52. The fourth-order valence-corrected chi connectivity index (χ4v) is 5.11. The number of ether oxygens (including phenoxy) is 2. The van der Waals surface area contributed by atoms with Crippen LogP contribution in [0.3, 0.4) is 0 Å². The number of aromatic nitrogens is 1. The summed E-state index contributed by atoms with van der Waals surface area (Å²) >= 11 is 0. The summed E-state index contributed by atoms with van der Waals surface area (Å²) in [6, 6.07) is 4.23. The van der Waals surface area contributed by atoms with Crippen LogP contribution in [0.4, 0.5) is 4.79 Å². The molecular weight excluding hydrogens is 430 g/mol. The van der Waals surface area contributed by atoms with Gasteiger partial charge in [0, 0.05) is 25.0 Å². The normalized spacial score (nSPS) is 18.2. The van der Waals surface area contributed by atoms with E-state index in [4.69, 9.17) is 14.0 Å². The zero-order valence-corrected chi connectivity index (χ0v) is 21.6. The van der Waals surface area contributed by atoms with Crippen molar-refractivity contribution >= 4 is 17.1 Å². The number of likely N-dealkylation sites (tertiary alicyclic amines) is 1. The third-order valence-electron chi connectivity index (χ3n) is 6.90. The monoisotopic (exact) mass is 471 g/mol. The van der Waals surface area contributed by atoms with Crippen molar-refractivity contribution in [2.24, 2.45) is 5.92 Å². The minimum Gasteiger partial charge on any atom is -0.490 e. The molecule has 2 fully saturated rings. The maximum Gasteiger partial charge on any atom is 0.410 e. The number of benzene rings is 1. The summed E-state index contributed by atoms with van der Waals surface area (Å²) in [5, 5.41) is 5.57. The van der Waals surface area contributed by atoms with E-state index in [9.17, 15) is 4.79 Å². The zero-order chi connectivity index (χ0) is 24.3. The van der Waals surface area contributed by atoms with Crippen LogP contribution >= 0.6 is 0 Å². The Morgan fingerprint density at radius 2 is 1.85 bits per heavy atom. The number of fused-ring (bicyclic) bond motifs is 1. The van der Waals surface area contributed by atoms with Crippen molar-refractivity contribution < 1.29 is 18.8 Å². The fraction of sp³-hybridized carbons (Fsp3) is 0.704. The maximum atomic E-state index is 12.3. The number of carbonyl (C=O) groups excluding carboxylic acids is 1. The number of nitrogens with zero attached hydrogens (tertiary/aromatic N) is 3. The minimum atomic E-state index is -0.449. The third-order valence-corrected chi connectivity index (χ3v) is 6.90. The largest absolute Gasteiger partial charge is 0.490 e. The van der Waals surface area contributed by atoms with E-state index in [1.807, 2.05) is 25.7 Å². The van der Waals surface area contributed by atoms with Crippen LogP contribution in [-0.2, 0) is 17.7 Å². The summed E-state index contributed by atoms with van der Waals surface area (Å²) in [6.45, 7) is 8.01. The Kier molecular flexibility index (Phi) is 7.70. The van der Waals surface area contributed by atoms with Crippen LogP contribution in [0.15, 0.2) is 16.7 Å². The van der Waals surface area contributed by atoms with Crippen LogP contribution in [0, 0.1) is 5.92 Å². The van der Waals surface area contributed by atoms with E-state index in [1.54, 1.807) is 0 Å². The first kappa shape index (κ1) is 24.8. The first-order valence-electron chi connectivity index (χ1n) is 12.9. The zero-order valence-electron chi connectivity index (χ0n) is 21.6. The van der Waals surface area contributed by atoms with Crippen LogP contribution in [0.2, 0.25) is 0 Å². The second kappa shape index (κ2) is 10.5. The van der Waals surface area contributed by atoms with Gasteiger partial charge in [0.2, 0.25) is 0 Å². The standard InChI is InChI=1S/C27H41N3O4/c1-27(2,3)33-26(31)30-16-14-19(15-17-30)10-12-23-21-11-13-24(32-20-8-6-7-9-20)22(18-29(4)5)25(21)34-28-23/h11,13,19-20H,6-10,12,14-18H2,1-5H3. The van der Waals surface area contributed by atoms with Gasteiger partial charge < -0.3 is 23.8 Å². The Morgan fingerprint density at radius 3 is 2.50 bits per heavy atom. The molecule has 0 radical (unpaired) electrons. The van der Waals surface area contributed by atoms with Gasteiger partial charge in [-0.05, 0) is 104 Å². The molecule has 0 unspecified atom stereocenters. The molecule has 2 aliphatic rings. The SMILES string of the molecule is CN(C)Cc1c(OC2CCCC2)ccc2c(CCC3CCN(C(=O)OC(C)(C)C)CC3)noc12. The molecular formula is C27H41N3O4. The molecule has 4 rings (SSSR count). The summed E-state index contributed by atoms with van der Waals surface area (Å²) in [6.07, 6.45) is 8.81. The lowest BCUT2D eigenvalue weighted by molar-refractivity contribution is 0.0181. The smallest absolute Gasteiger partial charge is 0.410 e. The van der Waals surface area contributed by atoms with E-state index in [0.717, 1.165) is 86.1 Å². The molecule has 1 aliphatic carbocycles. The highest BCUT2D eigenvalue weighted by Crippen LogP contribution is 2.35. The van der Waals surface area contributed by atoms with Crippen molar-refractivity contribution in [3.63, 3.8) is 0 Å². The van der Waals surface area contributed by atoms with Gasteiger partial charge in [-0.25, -0.2) is 4.79 Å². The predicted octanol–water partition coefficient (Wildman–Crippen LogP) is 5.79. The van der Waals surface area contributed by atoms with Crippen molar-refractivity contribution in [3.05, 3.63) is 23.4 Å². The minimum absolute atomic E-state index is 0.197. The van der Waals surface area contributed by atoms with Crippen LogP contribution in [0.5, 0.6) is 5.75 Å². The van der Waals surface area contributed by atoms with Crippen LogP contribution in [0.1, 0.15) is 77.0 Å². The highest BCUT2D eigenvalue weighted by molar-refractivity contribution is 5.84. The quantitative estimate of drug-likeness (QED) is 0.509. The molecule has 0 N–H and O–H groups in total. The molecule has 1 aromatic heterocycles. The molecule has 7 heteroatoms. The predicted molar refractivity (Wildman–Crippen MR) is 133 cm³/mol. The van der Waals surface area contributed by atoms with Crippen LogP contribution in [-0.4, -0.2) is 59.9 Å². The molecule has 1 saturated carbocycles. The molecule has 2 aromatic rings. The van der Waals surface area contributed by atoms with Gasteiger partial charge in [-0.3, -0.25) is 0 Å². The van der Waals surface area contributed by atoms with Crippen molar-refractivity contribution in [2.75, 3.05) is 27.2 Å². The van der Waals surface area contributed by atoms with Gasteiger partial charge in [0.05, 0.1) is 17.4 Å². The van der Waals surface area contributed by atoms with Gasteiger partial charge in [-0.2, -0.15) is 0 Å². The summed E-state index contributed by atoms with van der Waals surface area (Å²) in [5.41, 5.74) is 2.53. The van der Waals surface area contributed by atoms with E-state index in [1.165, 1.54) is 12.8 Å². The van der Waals surface area contributed by atoms with Gasteiger partial charge in [-0.15, -0.1) is 0 Å². The van der Waals surface area contributed by atoms with Gasteiger partial charge >= 0.3 is 6.09 Å². The Balaban J connectivity index is 1.39. The fourth-order valence-electron chi connectivity index (χ4n) is 5.11. The van der Waals surface area contributed by atoms with Crippen LogP contribution < -0.4 is 4.74 Å². The average molecular weight is 472 g/mol. The first-order valence-corrected chi connectivity index (χ1v) is 12.9. The highest BCUT2D eigenvalue weighted by atomic mass is 16.6. The Labute approximate surface area is 203 Å². The van der Waals surface area contributed by atoms with E-state index in [2.05, 4.69) is 36.3 Å². The number of hydrogen-bond donors (Lipinski definition) is 0. The van der Waals surface area contributed by atoms with Gasteiger partial charge in [0.15, 0.2) is 5.58 Å². The second-order valence-corrected chi connectivity index (χ2v) is 11.3. The van der Waals surface area contributed by atoms with Crippen molar-refractivity contribution in [3.8, 4) is 5.75 Å². The summed E-state index contributed by atoms with van der Waals surface area (Å²) in [4.78, 5) is 16.3. The topological polar surface area (TPSA) is 68.0 Å². The second-order valence-electron chi connectivity index (χ2n) is 11.3. The van der Waals surface area contributed by atoms with Crippen LogP contribution in [0.25, 0.3) is 11.0 Å². The van der Waals surface area contributed by atoms with E-state index in [0.29, 0.717) is 12.0 Å². The molecule has 34 heavy (non-hydrogen) atoms. The lowest BCUT2D eigenvalue weighted by Crippen LogP contribution is -2.41. The third kappa shape index (κ3) is 6.23. The van der Waals surface area contributed by atoms with Crippen molar-refractivity contribution in [1.29, 1.82) is 0 Å². The molecule has 1 aliphatic heterocycles. The van der Waals surface area contributed by atoms with Crippen molar-refractivity contribution in [2.45, 2.75) is 90.4 Å². The van der Waals surface area contributed by atoms with Gasteiger partial charge in [0.25, 0.3) is 0 Å². The Hall–Kier alpha value is -2.28. The highest BCUT2D eigenvalue weighted by Gasteiger charge is 2.27. The Morgan fingerprint density at radius 1 is 1.15 bits per heavy atom. The summed E-state index contributed by atoms with van der Waals surface area (Å²) < 4.78 is 17.8.